The predicted octanol–water partition coefficient (Wildman–Crippen LogP) is 3.00. The monoisotopic (exact) mass is 448 g/mol. The highest BCUT2D eigenvalue weighted by molar-refractivity contribution is 5.97. The van der Waals surface area contributed by atoms with Gasteiger partial charge in [-0.2, -0.15) is 0 Å². The first-order valence-corrected chi connectivity index (χ1v) is 10.5. The van der Waals surface area contributed by atoms with Crippen molar-refractivity contribution in [3.05, 3.63) is 35.6 Å². The highest BCUT2D eigenvalue weighted by atomic mass is 16.7. The van der Waals surface area contributed by atoms with Crippen molar-refractivity contribution >= 4 is 23.5 Å². The first kappa shape index (κ1) is 25.5. The fraction of sp³-hybridized carbons (Fsp3) is 0.583. The maximum atomic E-state index is 13.1. The summed E-state index contributed by atoms with van der Waals surface area (Å²) in [5.41, 5.74) is 0.646. The fourth-order valence-corrected chi connectivity index (χ4v) is 3.77. The van der Waals surface area contributed by atoms with Crippen LogP contribution in [-0.2, 0) is 38.1 Å². The molecule has 0 spiro atoms. The minimum atomic E-state index is -1.25. The Morgan fingerprint density at radius 3 is 2.19 bits per heavy atom. The number of hydrogen-bond donors (Lipinski definition) is 0. The lowest BCUT2D eigenvalue weighted by atomic mass is 9.72. The molecule has 0 bridgehead atoms. The minimum absolute atomic E-state index is 0.151. The van der Waals surface area contributed by atoms with E-state index in [0.717, 1.165) is 5.57 Å². The van der Waals surface area contributed by atoms with Gasteiger partial charge in [-0.15, -0.1) is 0 Å². The van der Waals surface area contributed by atoms with Gasteiger partial charge in [0.15, 0.2) is 17.5 Å². The van der Waals surface area contributed by atoms with E-state index in [1.54, 1.807) is 13.8 Å². The zero-order chi connectivity index (χ0) is 24.4. The van der Waals surface area contributed by atoms with Crippen molar-refractivity contribution in [2.45, 2.75) is 84.9 Å². The number of carbonyl (C=O) groups is 4. The molecule has 2 aliphatic rings. The van der Waals surface area contributed by atoms with Gasteiger partial charge in [-0.05, 0) is 40.2 Å². The number of allylic oxidation sites excluding steroid dienone is 2. The summed E-state index contributed by atoms with van der Waals surface area (Å²) in [7, 11) is 0. The zero-order valence-electron chi connectivity index (χ0n) is 19.7. The first-order valence-electron chi connectivity index (χ1n) is 10.5. The molecule has 0 N–H and O–H groups in total. The molecule has 0 unspecified atom stereocenters. The molecule has 32 heavy (non-hydrogen) atoms. The number of hydrogen-bond acceptors (Lipinski definition) is 8. The Labute approximate surface area is 188 Å². The molecular weight excluding hydrogens is 416 g/mol. The van der Waals surface area contributed by atoms with E-state index in [2.05, 4.69) is 6.58 Å². The van der Waals surface area contributed by atoms with Crippen LogP contribution < -0.4 is 0 Å². The van der Waals surface area contributed by atoms with Gasteiger partial charge < -0.3 is 18.9 Å². The van der Waals surface area contributed by atoms with Crippen LogP contribution in [0.25, 0.3) is 0 Å². The van der Waals surface area contributed by atoms with Gasteiger partial charge in [0, 0.05) is 25.8 Å². The number of ether oxygens (including phenoxy) is 4. The van der Waals surface area contributed by atoms with Gasteiger partial charge in [-0.3, -0.25) is 19.2 Å². The Kier molecular flexibility index (Phi) is 7.83. The average molecular weight is 449 g/mol. The van der Waals surface area contributed by atoms with Crippen molar-refractivity contribution in [1.29, 1.82) is 0 Å². The SMILES string of the molecule is C=C([C@@H]1[C@@H](OC(C)=O)[C@@H]2O[C@]2(C)C(=O)[C@H]1OC(C)=O)[C@H](CC=C(C)C)O/C=C(/C)C(C)=O. The Bertz CT molecular complexity index is 878. The summed E-state index contributed by atoms with van der Waals surface area (Å²) >= 11 is 0. The van der Waals surface area contributed by atoms with Gasteiger partial charge in [0.05, 0.1) is 12.2 Å². The maximum absolute atomic E-state index is 13.1. The topological polar surface area (TPSA) is 108 Å². The molecule has 1 heterocycles. The lowest BCUT2D eigenvalue weighted by molar-refractivity contribution is -0.168. The van der Waals surface area contributed by atoms with Crippen LogP contribution >= 0.6 is 0 Å². The highest BCUT2D eigenvalue weighted by Crippen LogP contribution is 2.51. The molecule has 1 aliphatic carbocycles. The van der Waals surface area contributed by atoms with E-state index in [9.17, 15) is 19.2 Å². The second-order valence-electron chi connectivity index (χ2n) is 8.71. The number of rotatable bonds is 9. The molecule has 0 aromatic carbocycles. The van der Waals surface area contributed by atoms with Crippen LogP contribution in [0.3, 0.4) is 0 Å². The largest absolute Gasteiger partial charge is 0.493 e. The van der Waals surface area contributed by atoms with E-state index < -0.39 is 53.7 Å². The van der Waals surface area contributed by atoms with E-state index in [1.165, 1.54) is 27.0 Å². The number of ketones is 2. The van der Waals surface area contributed by atoms with Crippen LogP contribution in [0.4, 0.5) is 0 Å². The number of esters is 2. The number of fused-ring (bicyclic) bond motifs is 1. The molecule has 8 heteroatoms. The molecule has 2 rings (SSSR count). The molecule has 0 amide bonds. The molecule has 6 atom stereocenters. The number of epoxide rings is 1. The summed E-state index contributed by atoms with van der Waals surface area (Å²) in [6.45, 7) is 15.1. The summed E-state index contributed by atoms with van der Waals surface area (Å²) in [6.07, 6.45) is 0.183. The third-order valence-corrected chi connectivity index (χ3v) is 5.72. The van der Waals surface area contributed by atoms with Crippen molar-refractivity contribution in [3.8, 4) is 0 Å². The average Bonchev–Trinajstić information content (AvgIpc) is 3.37. The molecule has 1 aliphatic heterocycles. The van der Waals surface area contributed by atoms with Crippen LogP contribution in [0.2, 0.25) is 0 Å². The van der Waals surface area contributed by atoms with Crippen molar-refractivity contribution in [2.24, 2.45) is 5.92 Å². The van der Waals surface area contributed by atoms with Gasteiger partial charge in [-0.25, -0.2) is 0 Å². The third kappa shape index (κ3) is 5.54. The first-order chi connectivity index (χ1) is 14.8. The predicted molar refractivity (Wildman–Crippen MR) is 115 cm³/mol. The summed E-state index contributed by atoms with van der Waals surface area (Å²) in [4.78, 5) is 48.4. The van der Waals surface area contributed by atoms with Crippen molar-refractivity contribution in [1.82, 2.24) is 0 Å². The van der Waals surface area contributed by atoms with Crippen LogP contribution in [0.15, 0.2) is 35.6 Å². The van der Waals surface area contributed by atoms with Crippen molar-refractivity contribution < 1.29 is 38.1 Å². The van der Waals surface area contributed by atoms with E-state index in [0.29, 0.717) is 17.6 Å². The van der Waals surface area contributed by atoms with Gasteiger partial charge in [0.25, 0.3) is 0 Å². The van der Waals surface area contributed by atoms with E-state index in [1.807, 2.05) is 19.9 Å². The van der Waals surface area contributed by atoms with Crippen LogP contribution in [-0.4, -0.2) is 53.5 Å². The molecule has 1 saturated heterocycles. The smallest absolute Gasteiger partial charge is 0.303 e. The maximum Gasteiger partial charge on any atom is 0.303 e. The number of carbonyl (C=O) groups excluding carboxylic acids is 4. The lowest BCUT2D eigenvalue weighted by Crippen LogP contribution is -2.56. The zero-order valence-corrected chi connectivity index (χ0v) is 19.7. The molecule has 176 valence electrons. The van der Waals surface area contributed by atoms with Gasteiger partial charge in [0.1, 0.15) is 18.3 Å². The molecular formula is C24H32O8. The summed E-state index contributed by atoms with van der Waals surface area (Å²) in [6, 6.07) is 0. The Morgan fingerprint density at radius 1 is 1.09 bits per heavy atom. The second kappa shape index (κ2) is 9.81. The highest BCUT2D eigenvalue weighted by Gasteiger charge is 2.72. The van der Waals surface area contributed by atoms with E-state index in [-0.39, 0.29) is 5.78 Å². The minimum Gasteiger partial charge on any atom is -0.493 e. The van der Waals surface area contributed by atoms with Crippen LogP contribution in [0.5, 0.6) is 0 Å². The molecule has 0 radical (unpaired) electrons. The lowest BCUT2D eigenvalue weighted by Gasteiger charge is -2.38. The van der Waals surface area contributed by atoms with E-state index in [4.69, 9.17) is 18.9 Å². The molecule has 0 aromatic heterocycles. The molecule has 8 nitrogen and oxygen atoms in total. The van der Waals surface area contributed by atoms with Gasteiger partial charge in [0.2, 0.25) is 5.78 Å². The Balaban J connectivity index is 2.48. The molecule has 1 saturated carbocycles. The molecule has 0 aromatic rings. The summed E-state index contributed by atoms with van der Waals surface area (Å²) in [5, 5.41) is 0. The summed E-state index contributed by atoms with van der Waals surface area (Å²) < 4.78 is 22.4. The molecule has 2 fully saturated rings. The Hall–Kier alpha value is -2.74. The fourth-order valence-electron chi connectivity index (χ4n) is 3.77. The second-order valence-corrected chi connectivity index (χ2v) is 8.71. The normalized spacial score (nSPS) is 29.8. The quantitative estimate of drug-likeness (QED) is 0.174. The van der Waals surface area contributed by atoms with Gasteiger partial charge in [-0.1, -0.05) is 18.2 Å². The van der Waals surface area contributed by atoms with Gasteiger partial charge >= 0.3 is 11.9 Å². The van der Waals surface area contributed by atoms with Crippen LogP contribution in [0, 0.1) is 5.92 Å². The third-order valence-electron chi connectivity index (χ3n) is 5.72. The number of Topliss-reactive ketones (excluding diaryl/α,β-unsaturated/α-hetero) is 2. The van der Waals surface area contributed by atoms with E-state index >= 15 is 0 Å². The van der Waals surface area contributed by atoms with Crippen molar-refractivity contribution in [2.75, 3.05) is 0 Å². The summed E-state index contributed by atoms with van der Waals surface area (Å²) in [5.74, 6) is -2.65. The van der Waals surface area contributed by atoms with Crippen molar-refractivity contribution in [3.63, 3.8) is 0 Å². The van der Waals surface area contributed by atoms with Crippen LogP contribution in [0.1, 0.15) is 54.9 Å². The Morgan fingerprint density at radius 2 is 1.69 bits per heavy atom. The standard InChI is InChI=1S/C24H32O8/c1-12(2)9-10-18(29-11-13(3)15(5)25)14(4)19-20(30-16(6)26)22(28)24(8)23(32-24)21(19)31-17(7)27/h9,11,18-21,23H,4,10H2,1-3,5-8H3/b13-11-/t18-,19-,20-,21+,23-,24+/m0/s1.